The topological polar surface area (TPSA) is 20.3 Å². The molecule has 1 aliphatic heterocycles. The smallest absolute Gasteiger partial charge is 0.223 e. The van der Waals surface area contributed by atoms with Crippen molar-refractivity contribution in [3.05, 3.63) is 0 Å². The summed E-state index contributed by atoms with van der Waals surface area (Å²) in [5, 5.41) is 0. The number of rotatable bonds is 2. The van der Waals surface area contributed by atoms with Gasteiger partial charge in [0.1, 0.15) is 0 Å². The first-order valence-corrected chi connectivity index (χ1v) is 4.48. The van der Waals surface area contributed by atoms with E-state index in [-0.39, 0.29) is 11.4 Å². The summed E-state index contributed by atoms with van der Waals surface area (Å²) < 4.78 is 0. The van der Waals surface area contributed by atoms with E-state index in [1.165, 1.54) is 0 Å². The van der Waals surface area contributed by atoms with Gasteiger partial charge < -0.3 is 4.90 Å². The molecule has 0 aromatic heterocycles. The molecule has 0 N–H and O–H groups in total. The van der Waals surface area contributed by atoms with Crippen LogP contribution in [0, 0.1) is 0 Å². The van der Waals surface area contributed by atoms with E-state index in [1.807, 2.05) is 4.90 Å². The second kappa shape index (κ2) is 3.02. The summed E-state index contributed by atoms with van der Waals surface area (Å²) in [6, 6.07) is 0. The lowest BCUT2D eigenvalue weighted by atomic mass is 10.0. The van der Waals surface area contributed by atoms with Crippen LogP contribution < -0.4 is 0 Å². The van der Waals surface area contributed by atoms with E-state index in [0.29, 0.717) is 18.8 Å². The summed E-state index contributed by atoms with van der Waals surface area (Å²) in [5.74, 6) is 0.783. The Bertz CT molecular complexity index is 167. The minimum atomic E-state index is 0.0337. The van der Waals surface area contributed by atoms with Crippen molar-refractivity contribution < 1.29 is 4.79 Å². The molecule has 0 saturated carbocycles. The van der Waals surface area contributed by atoms with Crippen LogP contribution in [0.25, 0.3) is 0 Å². The van der Waals surface area contributed by atoms with Gasteiger partial charge in [-0.3, -0.25) is 4.79 Å². The molecule has 1 amide bonds. The number of hydrogen-bond acceptors (Lipinski definition) is 1. The lowest BCUT2D eigenvalue weighted by Gasteiger charge is -2.30. The molecular formula is C8H14ClNO. The predicted octanol–water partition coefficient (Wildman–Crippen LogP) is 1.63. The van der Waals surface area contributed by atoms with Crippen molar-refractivity contribution in [1.29, 1.82) is 0 Å². The normalized spacial score (nSPS) is 22.8. The summed E-state index contributed by atoms with van der Waals surface area (Å²) in [6.07, 6.45) is 1.65. The highest BCUT2D eigenvalue weighted by molar-refractivity contribution is 6.18. The van der Waals surface area contributed by atoms with E-state index in [4.69, 9.17) is 11.6 Å². The average Bonchev–Trinajstić information content (AvgIpc) is 2.16. The molecule has 0 aliphatic carbocycles. The quantitative estimate of drug-likeness (QED) is 0.585. The Morgan fingerprint density at radius 3 is 2.64 bits per heavy atom. The molecule has 0 spiro atoms. The van der Waals surface area contributed by atoms with Crippen LogP contribution in [0.1, 0.15) is 26.7 Å². The van der Waals surface area contributed by atoms with Gasteiger partial charge >= 0.3 is 0 Å². The van der Waals surface area contributed by atoms with Crippen LogP contribution in [0.2, 0.25) is 0 Å². The number of alkyl halides is 1. The fourth-order valence-electron chi connectivity index (χ4n) is 1.53. The van der Waals surface area contributed by atoms with Crippen molar-refractivity contribution >= 4 is 17.5 Å². The second-order valence-electron chi connectivity index (χ2n) is 3.55. The Morgan fingerprint density at radius 2 is 2.27 bits per heavy atom. The number of nitrogens with zero attached hydrogens (tertiary/aromatic N) is 1. The third-order valence-corrected chi connectivity index (χ3v) is 2.46. The van der Waals surface area contributed by atoms with Crippen molar-refractivity contribution in [1.82, 2.24) is 4.90 Å². The van der Waals surface area contributed by atoms with Gasteiger partial charge in [0.2, 0.25) is 5.91 Å². The van der Waals surface area contributed by atoms with Gasteiger partial charge in [-0.1, -0.05) is 0 Å². The van der Waals surface area contributed by atoms with Gasteiger partial charge in [0.25, 0.3) is 0 Å². The fourth-order valence-corrected chi connectivity index (χ4v) is 1.70. The standard InChI is InChI=1S/C8H14ClNO/c1-8(2)4-3-7(11)10(8)6-5-9/h3-6H2,1-2H3. The first-order chi connectivity index (χ1) is 5.08. The minimum absolute atomic E-state index is 0.0337. The highest BCUT2D eigenvalue weighted by Gasteiger charge is 2.36. The van der Waals surface area contributed by atoms with Gasteiger partial charge in [-0.25, -0.2) is 0 Å². The van der Waals surface area contributed by atoms with E-state index in [2.05, 4.69) is 13.8 Å². The van der Waals surface area contributed by atoms with Crippen LogP contribution in [0.4, 0.5) is 0 Å². The number of hydrogen-bond donors (Lipinski definition) is 0. The van der Waals surface area contributed by atoms with E-state index >= 15 is 0 Å². The fraction of sp³-hybridized carbons (Fsp3) is 0.875. The van der Waals surface area contributed by atoms with Gasteiger partial charge in [-0.05, 0) is 20.3 Å². The van der Waals surface area contributed by atoms with E-state index in [1.54, 1.807) is 0 Å². The molecule has 0 unspecified atom stereocenters. The van der Waals surface area contributed by atoms with Crippen LogP contribution in [-0.2, 0) is 4.79 Å². The molecule has 11 heavy (non-hydrogen) atoms. The Morgan fingerprint density at radius 1 is 1.64 bits per heavy atom. The van der Waals surface area contributed by atoms with Gasteiger partial charge in [-0.2, -0.15) is 0 Å². The molecule has 3 heteroatoms. The molecule has 1 rings (SSSR count). The molecule has 0 radical (unpaired) electrons. The highest BCUT2D eigenvalue weighted by atomic mass is 35.5. The molecule has 0 aromatic carbocycles. The van der Waals surface area contributed by atoms with Gasteiger partial charge in [0.05, 0.1) is 0 Å². The maximum atomic E-state index is 11.2. The molecule has 1 aliphatic rings. The summed E-state index contributed by atoms with van der Waals surface area (Å²) in [5.41, 5.74) is 0.0337. The van der Waals surface area contributed by atoms with Crippen molar-refractivity contribution in [3.8, 4) is 0 Å². The third-order valence-electron chi connectivity index (χ3n) is 2.29. The molecule has 64 valence electrons. The molecule has 0 bridgehead atoms. The first-order valence-electron chi connectivity index (χ1n) is 3.94. The number of carbonyl (C=O) groups excluding carboxylic acids is 1. The van der Waals surface area contributed by atoms with Gasteiger partial charge in [-0.15, -0.1) is 11.6 Å². The zero-order valence-electron chi connectivity index (χ0n) is 7.06. The van der Waals surface area contributed by atoms with Crippen LogP contribution in [0.5, 0.6) is 0 Å². The molecule has 1 saturated heterocycles. The summed E-state index contributed by atoms with van der Waals surface area (Å²) in [4.78, 5) is 13.1. The van der Waals surface area contributed by atoms with Crippen molar-refractivity contribution in [2.24, 2.45) is 0 Å². The lowest BCUT2D eigenvalue weighted by Crippen LogP contribution is -2.41. The Kier molecular flexibility index (Phi) is 2.43. The monoisotopic (exact) mass is 175 g/mol. The maximum absolute atomic E-state index is 11.2. The number of likely N-dealkylation sites (tertiary alicyclic amines) is 1. The average molecular weight is 176 g/mol. The maximum Gasteiger partial charge on any atom is 0.223 e. The zero-order chi connectivity index (χ0) is 8.48. The second-order valence-corrected chi connectivity index (χ2v) is 3.92. The van der Waals surface area contributed by atoms with E-state index in [9.17, 15) is 4.79 Å². The molecule has 2 nitrogen and oxygen atoms in total. The van der Waals surface area contributed by atoms with Crippen LogP contribution in [-0.4, -0.2) is 28.8 Å². The number of amides is 1. The van der Waals surface area contributed by atoms with Gasteiger partial charge in [0.15, 0.2) is 0 Å². The SMILES string of the molecule is CC1(C)CCC(=O)N1CCCl. The number of halogens is 1. The first kappa shape index (κ1) is 8.85. The molecule has 0 aromatic rings. The Labute approximate surface area is 72.5 Å². The van der Waals surface area contributed by atoms with Crippen LogP contribution >= 0.6 is 11.6 Å². The van der Waals surface area contributed by atoms with Crippen molar-refractivity contribution in [2.75, 3.05) is 12.4 Å². The van der Waals surface area contributed by atoms with Crippen LogP contribution in [0.3, 0.4) is 0 Å². The Balaban J connectivity index is 2.64. The molecule has 1 heterocycles. The van der Waals surface area contributed by atoms with Crippen LogP contribution in [0.15, 0.2) is 0 Å². The molecular weight excluding hydrogens is 162 g/mol. The van der Waals surface area contributed by atoms with Crippen molar-refractivity contribution in [3.63, 3.8) is 0 Å². The third kappa shape index (κ3) is 1.67. The molecule has 1 fully saturated rings. The zero-order valence-corrected chi connectivity index (χ0v) is 7.82. The summed E-state index contributed by atoms with van der Waals surface area (Å²) >= 11 is 5.58. The predicted molar refractivity (Wildman–Crippen MR) is 45.7 cm³/mol. The van der Waals surface area contributed by atoms with Crippen molar-refractivity contribution in [2.45, 2.75) is 32.2 Å². The highest BCUT2D eigenvalue weighted by Crippen LogP contribution is 2.28. The van der Waals surface area contributed by atoms with E-state index in [0.717, 1.165) is 6.42 Å². The minimum Gasteiger partial charge on any atom is -0.336 e. The van der Waals surface area contributed by atoms with E-state index < -0.39 is 0 Å². The van der Waals surface area contributed by atoms with Gasteiger partial charge in [0, 0.05) is 24.4 Å². The number of carbonyl (C=O) groups is 1. The summed E-state index contributed by atoms with van der Waals surface area (Å²) in [7, 11) is 0. The Hall–Kier alpha value is -0.240. The summed E-state index contributed by atoms with van der Waals surface area (Å²) in [6.45, 7) is 4.86. The lowest BCUT2D eigenvalue weighted by molar-refractivity contribution is -0.130. The largest absolute Gasteiger partial charge is 0.336 e. The molecule has 0 atom stereocenters.